The number of benzene rings is 2. The van der Waals surface area contributed by atoms with Crippen LogP contribution in [0.15, 0.2) is 61.1 Å². The topological polar surface area (TPSA) is 74.3 Å². The molecule has 4 rings (SSSR count). The van der Waals surface area contributed by atoms with Crippen molar-refractivity contribution in [3.63, 3.8) is 0 Å². The lowest BCUT2D eigenvalue weighted by atomic mass is 9.99. The van der Waals surface area contributed by atoms with Crippen molar-refractivity contribution >= 4 is 16.8 Å². The van der Waals surface area contributed by atoms with E-state index in [2.05, 4.69) is 15.2 Å². The summed E-state index contributed by atoms with van der Waals surface area (Å²) in [6, 6.07) is 11.1. The summed E-state index contributed by atoms with van der Waals surface area (Å²) in [5.41, 5.74) is 3.46. The molecule has 2 heterocycles. The zero-order valence-electron chi connectivity index (χ0n) is 21.2. The number of H-pyrrole nitrogens is 1. The van der Waals surface area contributed by atoms with Gasteiger partial charge in [-0.25, -0.2) is 8.78 Å². The molecule has 0 unspecified atom stereocenters. The number of ether oxygens (including phenoxy) is 1. The predicted octanol–water partition coefficient (Wildman–Crippen LogP) is 5.27. The van der Waals surface area contributed by atoms with Gasteiger partial charge in [0.05, 0.1) is 24.4 Å². The maximum atomic E-state index is 13.9. The largest absolute Gasteiger partial charge is 0.493 e. The smallest absolute Gasteiger partial charge is 0.254 e. The number of carbonyl (C=O) groups is 1. The van der Waals surface area contributed by atoms with Crippen molar-refractivity contribution in [1.29, 1.82) is 0 Å². The summed E-state index contributed by atoms with van der Waals surface area (Å²) in [5, 5.41) is 8.00. The van der Waals surface area contributed by atoms with Gasteiger partial charge in [-0.15, -0.1) is 0 Å². The van der Waals surface area contributed by atoms with Crippen molar-refractivity contribution in [3.8, 4) is 16.9 Å². The molecule has 0 aliphatic rings. The van der Waals surface area contributed by atoms with Gasteiger partial charge in [0.15, 0.2) is 0 Å². The Labute approximate surface area is 215 Å². The van der Waals surface area contributed by atoms with Crippen molar-refractivity contribution in [2.45, 2.75) is 19.4 Å². The number of aromatic nitrogens is 3. The van der Waals surface area contributed by atoms with Gasteiger partial charge in [0, 0.05) is 54.6 Å². The number of carbonyl (C=O) groups excluding carboxylic acids is 1. The summed E-state index contributed by atoms with van der Waals surface area (Å²) >= 11 is 0. The highest BCUT2D eigenvalue weighted by Gasteiger charge is 2.26. The number of alkyl halides is 1. The molecule has 1 N–H and O–H groups in total. The van der Waals surface area contributed by atoms with E-state index < -0.39 is 6.67 Å². The molecule has 0 aliphatic heterocycles. The molecule has 0 aliphatic carbocycles. The third kappa shape index (κ3) is 5.94. The second-order valence-corrected chi connectivity index (χ2v) is 8.93. The molecule has 9 heteroatoms. The Morgan fingerprint density at radius 1 is 1.11 bits per heavy atom. The van der Waals surface area contributed by atoms with Gasteiger partial charge in [-0.3, -0.25) is 14.9 Å². The third-order valence-electron chi connectivity index (χ3n) is 6.45. The second-order valence-electron chi connectivity index (χ2n) is 8.93. The molecule has 1 atom stereocenters. The molecule has 0 saturated carbocycles. The molecule has 1 amide bonds. The van der Waals surface area contributed by atoms with Crippen molar-refractivity contribution < 1.29 is 18.3 Å². The highest BCUT2D eigenvalue weighted by Crippen LogP contribution is 2.34. The Kier molecular flexibility index (Phi) is 8.45. The van der Waals surface area contributed by atoms with Gasteiger partial charge in [-0.2, -0.15) is 5.10 Å². The van der Waals surface area contributed by atoms with Gasteiger partial charge < -0.3 is 14.5 Å². The monoisotopic (exact) mass is 507 g/mol. The fourth-order valence-electron chi connectivity index (χ4n) is 4.47. The van der Waals surface area contributed by atoms with E-state index in [1.165, 1.54) is 12.1 Å². The quantitative estimate of drug-likeness (QED) is 0.300. The normalized spacial score (nSPS) is 12.2. The highest BCUT2D eigenvalue weighted by atomic mass is 19.1. The molecule has 194 valence electrons. The summed E-state index contributed by atoms with van der Waals surface area (Å²) in [5.74, 6) is -0.0488. The van der Waals surface area contributed by atoms with Gasteiger partial charge >= 0.3 is 0 Å². The first-order valence-electron chi connectivity index (χ1n) is 12.2. The molecule has 37 heavy (non-hydrogen) atoms. The molecular formula is C28H31F2N5O2. The SMILES string of the molecule is CCOc1cc(C(=O)N(C)[C@H](CCN(C)CCF)c2cncc3cn[nH]c23)ccc1-c1cccc(F)c1. The summed E-state index contributed by atoms with van der Waals surface area (Å²) in [7, 11) is 3.60. The first-order valence-corrected chi connectivity index (χ1v) is 12.2. The average Bonchev–Trinajstić information content (AvgIpc) is 3.38. The summed E-state index contributed by atoms with van der Waals surface area (Å²) in [6.45, 7) is 2.71. The Bertz CT molecular complexity index is 1360. The Morgan fingerprint density at radius 3 is 2.70 bits per heavy atom. The number of fused-ring (bicyclic) bond motifs is 1. The van der Waals surface area contributed by atoms with Crippen LogP contribution in [0.5, 0.6) is 5.75 Å². The molecule has 0 saturated heterocycles. The van der Waals surface area contributed by atoms with E-state index in [0.717, 1.165) is 16.5 Å². The highest BCUT2D eigenvalue weighted by molar-refractivity contribution is 5.96. The zero-order valence-corrected chi connectivity index (χ0v) is 21.2. The van der Waals surface area contributed by atoms with Gasteiger partial charge in [-0.1, -0.05) is 12.1 Å². The lowest BCUT2D eigenvalue weighted by Crippen LogP contribution is -2.34. The number of hydrogen-bond acceptors (Lipinski definition) is 5. The van der Waals surface area contributed by atoms with Gasteiger partial charge in [0.1, 0.15) is 18.2 Å². The van der Waals surface area contributed by atoms with Crippen LogP contribution in [0.25, 0.3) is 22.0 Å². The Balaban J connectivity index is 1.68. The van der Waals surface area contributed by atoms with E-state index in [1.54, 1.807) is 60.9 Å². The molecule has 0 radical (unpaired) electrons. The number of halogens is 2. The zero-order chi connectivity index (χ0) is 26.4. The van der Waals surface area contributed by atoms with Crippen molar-refractivity contribution in [1.82, 2.24) is 25.0 Å². The van der Waals surface area contributed by atoms with Crippen LogP contribution in [0, 0.1) is 5.82 Å². The minimum Gasteiger partial charge on any atom is -0.493 e. The van der Waals surface area contributed by atoms with Crippen LogP contribution in [0.2, 0.25) is 0 Å². The van der Waals surface area contributed by atoms with E-state index in [-0.39, 0.29) is 17.8 Å². The fraction of sp³-hybridized carbons (Fsp3) is 0.321. The number of nitrogens with zero attached hydrogens (tertiary/aromatic N) is 4. The lowest BCUT2D eigenvalue weighted by Gasteiger charge is -2.30. The van der Waals surface area contributed by atoms with Gasteiger partial charge in [-0.05, 0) is 56.3 Å². The number of amides is 1. The first-order chi connectivity index (χ1) is 17.9. The first kappa shape index (κ1) is 26.2. The summed E-state index contributed by atoms with van der Waals surface area (Å²) in [6.07, 6.45) is 5.72. The molecular weight excluding hydrogens is 476 g/mol. The predicted molar refractivity (Wildman–Crippen MR) is 140 cm³/mol. The number of aromatic amines is 1. The van der Waals surface area contributed by atoms with Crippen LogP contribution in [0.1, 0.15) is 35.3 Å². The molecule has 0 spiro atoms. The molecule has 7 nitrogen and oxygen atoms in total. The standard InChI is InChI=1S/C28H31F2N5O2/c1-4-37-26-15-20(8-9-23(26)19-6-5-7-22(30)14-19)28(36)35(3)25(10-12-34(2)13-11-29)24-18-31-16-21-17-32-33-27(21)24/h5-9,14-18,25H,4,10-13H2,1-3H3,(H,32,33)/t25-/m1/s1. The maximum Gasteiger partial charge on any atom is 0.254 e. The Hall–Kier alpha value is -3.85. The van der Waals surface area contributed by atoms with E-state index in [9.17, 15) is 13.6 Å². The van der Waals surface area contributed by atoms with Crippen LogP contribution in [-0.2, 0) is 0 Å². The van der Waals surface area contributed by atoms with Crippen LogP contribution in [0.3, 0.4) is 0 Å². The van der Waals surface area contributed by atoms with Crippen LogP contribution >= 0.6 is 0 Å². The molecule has 2 aromatic carbocycles. The van der Waals surface area contributed by atoms with Crippen LogP contribution < -0.4 is 4.74 Å². The van der Waals surface area contributed by atoms with Crippen molar-refractivity contribution in [3.05, 3.63) is 78.0 Å². The summed E-state index contributed by atoms with van der Waals surface area (Å²) in [4.78, 5) is 21.7. The lowest BCUT2D eigenvalue weighted by molar-refractivity contribution is 0.0713. The average molecular weight is 508 g/mol. The third-order valence-corrected chi connectivity index (χ3v) is 6.45. The second kappa shape index (κ2) is 11.9. The van der Waals surface area contributed by atoms with Crippen molar-refractivity contribution in [2.24, 2.45) is 0 Å². The number of pyridine rings is 1. The maximum absolute atomic E-state index is 13.9. The molecule has 2 aromatic heterocycles. The van der Waals surface area contributed by atoms with Crippen LogP contribution in [0.4, 0.5) is 8.78 Å². The van der Waals surface area contributed by atoms with Gasteiger partial charge in [0.25, 0.3) is 5.91 Å². The van der Waals surface area contributed by atoms with E-state index in [0.29, 0.717) is 48.6 Å². The van der Waals surface area contributed by atoms with E-state index in [4.69, 9.17) is 4.74 Å². The fourth-order valence-corrected chi connectivity index (χ4v) is 4.47. The molecule has 0 fully saturated rings. The molecule has 0 bridgehead atoms. The van der Waals surface area contributed by atoms with E-state index >= 15 is 0 Å². The minimum atomic E-state index is -0.439. The number of nitrogens with one attached hydrogen (secondary N) is 1. The summed E-state index contributed by atoms with van der Waals surface area (Å²) < 4.78 is 32.6. The number of rotatable bonds is 11. The number of hydrogen-bond donors (Lipinski definition) is 1. The molecule has 4 aromatic rings. The Morgan fingerprint density at radius 2 is 1.95 bits per heavy atom. The van der Waals surface area contributed by atoms with Gasteiger partial charge in [0.2, 0.25) is 0 Å². The minimum absolute atomic E-state index is 0.207. The van der Waals surface area contributed by atoms with Crippen molar-refractivity contribution in [2.75, 3.05) is 40.5 Å². The van der Waals surface area contributed by atoms with E-state index in [1.807, 2.05) is 18.9 Å². The van der Waals surface area contributed by atoms with Crippen LogP contribution in [-0.4, -0.2) is 71.4 Å².